The number of pyridine rings is 1. The first-order valence-electron chi connectivity index (χ1n) is 6.79. The first kappa shape index (κ1) is 14.4. The molecule has 0 saturated carbocycles. The maximum Gasteiger partial charge on any atom is 0.147 e. The van der Waals surface area contributed by atoms with Gasteiger partial charge in [0.25, 0.3) is 0 Å². The van der Waals surface area contributed by atoms with Crippen LogP contribution in [0.4, 0.5) is 5.82 Å². The topological polar surface area (TPSA) is 53.9 Å². The summed E-state index contributed by atoms with van der Waals surface area (Å²) in [7, 11) is 2.01. The van der Waals surface area contributed by atoms with Gasteiger partial charge in [-0.05, 0) is 11.6 Å². The summed E-state index contributed by atoms with van der Waals surface area (Å²) in [6, 6.07) is 4.44. The molecule has 0 aliphatic carbocycles. The molecule has 0 atom stereocenters. The van der Waals surface area contributed by atoms with Gasteiger partial charge in [-0.15, -0.1) is 0 Å². The third-order valence-corrected chi connectivity index (χ3v) is 2.90. The average molecular weight is 271 g/mol. The van der Waals surface area contributed by atoms with Crippen LogP contribution in [0.25, 0.3) is 0 Å². The summed E-state index contributed by atoms with van der Waals surface area (Å²) in [5.41, 5.74) is 2.11. The maximum atomic E-state index is 4.62. The van der Waals surface area contributed by atoms with Crippen molar-refractivity contribution in [1.82, 2.24) is 20.3 Å². The van der Waals surface area contributed by atoms with Crippen molar-refractivity contribution in [2.24, 2.45) is 0 Å². The fraction of sp³-hybridized carbons (Fsp3) is 0.400. The standard InChI is InChI=1S/C15H21N5/c1-12(2)18-9-14-8-17-10-15(19-14)20(3)11-13-5-4-6-16-7-13/h4-8,10,12,18H,9,11H2,1-3H3. The maximum absolute atomic E-state index is 4.62. The van der Waals surface area contributed by atoms with Crippen molar-refractivity contribution >= 4 is 5.82 Å². The van der Waals surface area contributed by atoms with Crippen LogP contribution in [0.5, 0.6) is 0 Å². The van der Waals surface area contributed by atoms with Crippen LogP contribution in [0.3, 0.4) is 0 Å². The highest BCUT2D eigenvalue weighted by Gasteiger charge is 2.06. The van der Waals surface area contributed by atoms with Crippen LogP contribution < -0.4 is 10.2 Å². The highest BCUT2D eigenvalue weighted by Crippen LogP contribution is 2.11. The van der Waals surface area contributed by atoms with E-state index in [1.54, 1.807) is 18.6 Å². The Hall–Kier alpha value is -2.01. The van der Waals surface area contributed by atoms with Gasteiger partial charge in [-0.3, -0.25) is 9.97 Å². The first-order valence-corrected chi connectivity index (χ1v) is 6.79. The number of nitrogens with one attached hydrogen (secondary N) is 1. The Kier molecular flexibility index (Phi) is 5.01. The normalized spacial score (nSPS) is 10.8. The molecule has 0 amide bonds. The third kappa shape index (κ3) is 4.28. The second-order valence-electron chi connectivity index (χ2n) is 5.12. The fourth-order valence-electron chi connectivity index (χ4n) is 1.82. The Labute approximate surface area is 120 Å². The summed E-state index contributed by atoms with van der Waals surface area (Å²) in [5.74, 6) is 0.872. The quantitative estimate of drug-likeness (QED) is 0.871. The molecule has 0 spiro atoms. The molecular weight excluding hydrogens is 250 g/mol. The SMILES string of the molecule is CC(C)NCc1cncc(N(C)Cc2cccnc2)n1. The molecule has 20 heavy (non-hydrogen) atoms. The van der Waals surface area contributed by atoms with Gasteiger partial charge in [0.05, 0.1) is 11.9 Å². The Morgan fingerprint density at radius 2 is 2.05 bits per heavy atom. The molecule has 2 aromatic rings. The van der Waals surface area contributed by atoms with Crippen molar-refractivity contribution in [2.45, 2.75) is 33.0 Å². The molecule has 106 valence electrons. The molecule has 0 fully saturated rings. The molecule has 5 nitrogen and oxygen atoms in total. The van der Waals surface area contributed by atoms with Gasteiger partial charge in [-0.2, -0.15) is 0 Å². The van der Waals surface area contributed by atoms with Gasteiger partial charge in [-0.1, -0.05) is 19.9 Å². The summed E-state index contributed by atoms with van der Waals surface area (Å²) in [6.07, 6.45) is 7.24. The zero-order valence-electron chi connectivity index (χ0n) is 12.2. The predicted octanol–water partition coefficient (Wildman–Crippen LogP) is 2.01. The number of anilines is 1. The predicted molar refractivity (Wildman–Crippen MR) is 80.4 cm³/mol. The van der Waals surface area contributed by atoms with Gasteiger partial charge >= 0.3 is 0 Å². The van der Waals surface area contributed by atoms with Crippen molar-refractivity contribution < 1.29 is 0 Å². The van der Waals surface area contributed by atoms with E-state index < -0.39 is 0 Å². The van der Waals surface area contributed by atoms with E-state index in [0.29, 0.717) is 6.04 Å². The van der Waals surface area contributed by atoms with Crippen molar-refractivity contribution in [1.29, 1.82) is 0 Å². The van der Waals surface area contributed by atoms with Gasteiger partial charge in [0.15, 0.2) is 0 Å². The van der Waals surface area contributed by atoms with Gasteiger partial charge in [0.1, 0.15) is 5.82 Å². The van der Waals surface area contributed by atoms with Crippen LogP contribution >= 0.6 is 0 Å². The number of nitrogens with zero attached hydrogens (tertiary/aromatic N) is 4. The Morgan fingerprint density at radius 1 is 1.20 bits per heavy atom. The number of hydrogen-bond donors (Lipinski definition) is 1. The molecule has 0 radical (unpaired) electrons. The van der Waals surface area contributed by atoms with E-state index in [4.69, 9.17) is 0 Å². The largest absolute Gasteiger partial charge is 0.354 e. The minimum atomic E-state index is 0.438. The molecule has 0 saturated heterocycles. The Balaban J connectivity index is 2.02. The average Bonchev–Trinajstić information content (AvgIpc) is 2.46. The molecule has 5 heteroatoms. The zero-order chi connectivity index (χ0) is 14.4. The molecular formula is C15H21N5. The van der Waals surface area contributed by atoms with E-state index in [2.05, 4.69) is 45.1 Å². The van der Waals surface area contributed by atoms with Gasteiger partial charge in [-0.25, -0.2) is 4.98 Å². The lowest BCUT2D eigenvalue weighted by Gasteiger charge is -2.18. The first-order chi connectivity index (χ1) is 9.65. The Bertz CT molecular complexity index is 527. The summed E-state index contributed by atoms with van der Waals surface area (Å²) in [5, 5.41) is 3.35. The molecule has 1 N–H and O–H groups in total. The highest BCUT2D eigenvalue weighted by molar-refractivity contribution is 5.36. The molecule has 2 heterocycles. The molecule has 0 bridgehead atoms. The van der Waals surface area contributed by atoms with E-state index in [1.165, 1.54) is 0 Å². The van der Waals surface area contributed by atoms with E-state index in [-0.39, 0.29) is 0 Å². The molecule has 0 aliphatic rings. The van der Waals surface area contributed by atoms with Crippen LogP contribution in [-0.2, 0) is 13.1 Å². The third-order valence-electron chi connectivity index (χ3n) is 2.90. The van der Waals surface area contributed by atoms with Crippen LogP contribution in [-0.4, -0.2) is 28.0 Å². The molecule has 0 aliphatic heterocycles. The Morgan fingerprint density at radius 3 is 2.75 bits per heavy atom. The van der Waals surface area contributed by atoms with E-state index >= 15 is 0 Å². The number of aromatic nitrogens is 3. The molecule has 2 rings (SSSR count). The van der Waals surface area contributed by atoms with Crippen LogP contribution in [0.15, 0.2) is 36.9 Å². The lowest BCUT2D eigenvalue weighted by molar-refractivity contribution is 0.580. The minimum absolute atomic E-state index is 0.438. The van der Waals surface area contributed by atoms with Crippen molar-refractivity contribution in [3.8, 4) is 0 Å². The highest BCUT2D eigenvalue weighted by atomic mass is 15.2. The lowest BCUT2D eigenvalue weighted by atomic mass is 10.3. The van der Waals surface area contributed by atoms with Crippen molar-refractivity contribution in [3.05, 3.63) is 48.2 Å². The lowest BCUT2D eigenvalue weighted by Crippen LogP contribution is -2.24. The summed E-state index contributed by atoms with van der Waals surface area (Å²) in [4.78, 5) is 15.1. The molecule has 0 aromatic carbocycles. The van der Waals surface area contributed by atoms with E-state index in [1.807, 2.05) is 19.3 Å². The van der Waals surface area contributed by atoms with Crippen molar-refractivity contribution in [3.63, 3.8) is 0 Å². The van der Waals surface area contributed by atoms with Crippen molar-refractivity contribution in [2.75, 3.05) is 11.9 Å². The summed E-state index contributed by atoms with van der Waals surface area (Å²) < 4.78 is 0. The summed E-state index contributed by atoms with van der Waals surface area (Å²) >= 11 is 0. The molecule has 0 unspecified atom stereocenters. The van der Waals surface area contributed by atoms with Gasteiger partial charge in [0, 0.05) is 44.8 Å². The second-order valence-corrected chi connectivity index (χ2v) is 5.12. The van der Waals surface area contributed by atoms with E-state index in [0.717, 1.165) is 30.2 Å². The minimum Gasteiger partial charge on any atom is -0.354 e. The summed E-state index contributed by atoms with van der Waals surface area (Å²) in [6.45, 7) is 5.74. The van der Waals surface area contributed by atoms with Crippen LogP contribution in [0, 0.1) is 0 Å². The zero-order valence-corrected chi connectivity index (χ0v) is 12.2. The molecule has 2 aromatic heterocycles. The van der Waals surface area contributed by atoms with Crippen LogP contribution in [0.2, 0.25) is 0 Å². The second kappa shape index (κ2) is 6.96. The smallest absolute Gasteiger partial charge is 0.147 e. The number of hydrogen-bond acceptors (Lipinski definition) is 5. The van der Waals surface area contributed by atoms with Crippen LogP contribution in [0.1, 0.15) is 25.1 Å². The number of rotatable bonds is 6. The van der Waals surface area contributed by atoms with E-state index in [9.17, 15) is 0 Å². The monoisotopic (exact) mass is 271 g/mol. The van der Waals surface area contributed by atoms with Gasteiger partial charge < -0.3 is 10.2 Å². The van der Waals surface area contributed by atoms with Gasteiger partial charge in [0.2, 0.25) is 0 Å². The fourth-order valence-corrected chi connectivity index (χ4v) is 1.82.